The van der Waals surface area contributed by atoms with Gasteiger partial charge in [-0.15, -0.1) is 0 Å². The SMILES string of the molecule is COc1ccc(N2C(=O)C(Nc3ccc4c(c3)OCCO4)=C(c3ccccc3)C2=O)cc1Cl. The van der Waals surface area contributed by atoms with Crippen molar-refractivity contribution in [1.29, 1.82) is 0 Å². The zero-order chi connectivity index (χ0) is 22.9. The third-order valence-corrected chi connectivity index (χ3v) is 5.65. The van der Waals surface area contributed by atoms with Gasteiger partial charge in [-0.2, -0.15) is 0 Å². The lowest BCUT2D eigenvalue weighted by atomic mass is 10.0. The smallest absolute Gasteiger partial charge is 0.282 e. The first-order valence-corrected chi connectivity index (χ1v) is 10.6. The standard InChI is InChI=1S/C25H19ClN2O5/c1-31-19-10-8-17(14-18(19)26)28-24(29)22(15-5-3-2-4-6-15)23(25(28)30)27-16-7-9-20-21(13-16)33-12-11-32-20/h2-10,13-14,27H,11-12H2,1H3. The van der Waals surface area contributed by atoms with Gasteiger partial charge in [-0.1, -0.05) is 41.9 Å². The van der Waals surface area contributed by atoms with Crippen LogP contribution in [0.3, 0.4) is 0 Å². The maximum Gasteiger partial charge on any atom is 0.282 e. The van der Waals surface area contributed by atoms with E-state index in [9.17, 15) is 9.59 Å². The first-order valence-electron chi connectivity index (χ1n) is 10.3. The molecule has 166 valence electrons. The van der Waals surface area contributed by atoms with E-state index < -0.39 is 11.8 Å². The lowest BCUT2D eigenvalue weighted by Crippen LogP contribution is -2.32. The second-order valence-corrected chi connectivity index (χ2v) is 7.77. The fourth-order valence-electron chi connectivity index (χ4n) is 3.81. The highest BCUT2D eigenvalue weighted by Crippen LogP contribution is 2.38. The molecule has 0 aliphatic carbocycles. The summed E-state index contributed by atoms with van der Waals surface area (Å²) in [4.78, 5) is 28.1. The van der Waals surface area contributed by atoms with Gasteiger partial charge in [-0.05, 0) is 35.9 Å². The van der Waals surface area contributed by atoms with Crippen LogP contribution in [-0.4, -0.2) is 32.1 Å². The Morgan fingerprint density at radius 3 is 2.39 bits per heavy atom. The third kappa shape index (κ3) is 3.76. The lowest BCUT2D eigenvalue weighted by Gasteiger charge is -2.19. The summed E-state index contributed by atoms with van der Waals surface area (Å²) in [5.41, 5.74) is 2.00. The number of halogens is 1. The fraction of sp³-hybridized carbons (Fsp3) is 0.120. The Kier molecular flexibility index (Phi) is 5.40. The van der Waals surface area contributed by atoms with Crippen LogP contribution in [-0.2, 0) is 9.59 Å². The van der Waals surface area contributed by atoms with Crippen molar-refractivity contribution >= 4 is 40.4 Å². The van der Waals surface area contributed by atoms with Crippen molar-refractivity contribution in [2.45, 2.75) is 0 Å². The summed E-state index contributed by atoms with van der Waals surface area (Å²) in [6.45, 7) is 0.924. The molecule has 3 aromatic carbocycles. The number of rotatable bonds is 5. The summed E-state index contributed by atoms with van der Waals surface area (Å²) >= 11 is 6.26. The van der Waals surface area contributed by atoms with Gasteiger partial charge in [-0.25, -0.2) is 4.90 Å². The number of fused-ring (bicyclic) bond motifs is 1. The highest BCUT2D eigenvalue weighted by molar-refractivity contribution is 6.46. The van der Waals surface area contributed by atoms with Crippen molar-refractivity contribution in [3.05, 3.63) is 83.0 Å². The van der Waals surface area contributed by atoms with Gasteiger partial charge in [0, 0.05) is 11.8 Å². The van der Waals surface area contributed by atoms with Gasteiger partial charge in [0.1, 0.15) is 24.7 Å². The molecule has 0 radical (unpaired) electrons. The average Bonchev–Trinajstić information content (AvgIpc) is 3.08. The second-order valence-electron chi connectivity index (χ2n) is 7.36. The number of nitrogens with one attached hydrogen (secondary N) is 1. The number of imide groups is 1. The molecular weight excluding hydrogens is 444 g/mol. The Hall–Kier alpha value is -3.97. The first kappa shape index (κ1) is 20.9. The zero-order valence-corrected chi connectivity index (χ0v) is 18.4. The predicted octanol–water partition coefficient (Wildman–Crippen LogP) is 4.52. The molecule has 0 unspecified atom stereocenters. The number of amides is 2. The first-order chi connectivity index (χ1) is 16.1. The number of benzene rings is 3. The molecule has 8 heteroatoms. The topological polar surface area (TPSA) is 77.1 Å². The van der Waals surface area contributed by atoms with Crippen LogP contribution in [0, 0.1) is 0 Å². The third-order valence-electron chi connectivity index (χ3n) is 5.35. The van der Waals surface area contributed by atoms with Crippen LogP contribution in [0.2, 0.25) is 5.02 Å². The molecule has 0 saturated carbocycles. The molecule has 2 heterocycles. The van der Waals surface area contributed by atoms with Crippen LogP contribution < -0.4 is 24.4 Å². The minimum atomic E-state index is -0.491. The molecule has 3 aromatic rings. The molecule has 33 heavy (non-hydrogen) atoms. The van der Waals surface area contributed by atoms with E-state index in [4.69, 9.17) is 25.8 Å². The minimum absolute atomic E-state index is 0.162. The maximum atomic E-state index is 13.5. The lowest BCUT2D eigenvalue weighted by molar-refractivity contribution is -0.120. The molecule has 0 atom stereocenters. The normalized spacial score (nSPS) is 15.2. The highest BCUT2D eigenvalue weighted by atomic mass is 35.5. The van der Waals surface area contributed by atoms with Crippen molar-refractivity contribution < 1.29 is 23.8 Å². The number of nitrogens with zero attached hydrogens (tertiary/aromatic N) is 1. The molecule has 2 aliphatic heterocycles. The number of hydrogen-bond acceptors (Lipinski definition) is 6. The predicted molar refractivity (Wildman–Crippen MR) is 125 cm³/mol. The summed E-state index contributed by atoms with van der Waals surface area (Å²) in [5, 5.41) is 3.43. The molecule has 2 amide bonds. The summed E-state index contributed by atoms with van der Waals surface area (Å²) in [7, 11) is 1.50. The number of methoxy groups -OCH3 is 1. The number of carbonyl (C=O) groups is 2. The molecule has 2 aliphatic rings. The van der Waals surface area contributed by atoms with Crippen molar-refractivity contribution in [2.24, 2.45) is 0 Å². The van der Waals surface area contributed by atoms with Gasteiger partial charge >= 0.3 is 0 Å². The summed E-state index contributed by atoms with van der Waals surface area (Å²) < 4.78 is 16.4. The zero-order valence-electron chi connectivity index (χ0n) is 17.6. The van der Waals surface area contributed by atoms with E-state index in [0.29, 0.717) is 52.4 Å². The molecule has 0 bridgehead atoms. The van der Waals surface area contributed by atoms with Gasteiger partial charge in [0.25, 0.3) is 11.8 Å². The molecular formula is C25H19ClN2O5. The van der Waals surface area contributed by atoms with Crippen LogP contribution in [0.1, 0.15) is 5.56 Å². The molecule has 0 saturated heterocycles. The van der Waals surface area contributed by atoms with Crippen LogP contribution in [0.15, 0.2) is 72.4 Å². The van der Waals surface area contributed by atoms with E-state index in [1.807, 2.05) is 18.2 Å². The van der Waals surface area contributed by atoms with Crippen molar-refractivity contribution in [1.82, 2.24) is 0 Å². The Morgan fingerprint density at radius 2 is 1.67 bits per heavy atom. The number of hydrogen-bond donors (Lipinski definition) is 1. The maximum absolute atomic E-state index is 13.5. The highest BCUT2D eigenvalue weighted by Gasteiger charge is 2.40. The van der Waals surface area contributed by atoms with Gasteiger partial charge in [0.05, 0.1) is 23.4 Å². The summed E-state index contributed by atoms with van der Waals surface area (Å²) in [6.07, 6.45) is 0. The minimum Gasteiger partial charge on any atom is -0.495 e. The monoisotopic (exact) mass is 462 g/mol. The fourth-order valence-corrected chi connectivity index (χ4v) is 4.06. The van der Waals surface area contributed by atoms with Crippen molar-refractivity contribution in [3.8, 4) is 17.2 Å². The van der Waals surface area contributed by atoms with Crippen LogP contribution in [0.5, 0.6) is 17.2 Å². The quantitative estimate of drug-likeness (QED) is 0.562. The van der Waals surface area contributed by atoms with E-state index in [1.165, 1.54) is 13.2 Å². The van der Waals surface area contributed by atoms with E-state index >= 15 is 0 Å². The summed E-state index contributed by atoms with van der Waals surface area (Å²) in [6, 6.07) is 19.1. The van der Waals surface area contributed by atoms with Gasteiger partial charge < -0.3 is 19.5 Å². The number of ether oxygens (including phenoxy) is 3. The second kappa shape index (κ2) is 8.52. The number of carbonyl (C=O) groups excluding carboxylic acids is 2. The molecule has 1 N–H and O–H groups in total. The average molecular weight is 463 g/mol. The molecule has 0 fully saturated rings. The Bertz CT molecular complexity index is 1290. The van der Waals surface area contributed by atoms with Gasteiger partial charge in [0.2, 0.25) is 0 Å². The number of anilines is 2. The summed E-state index contributed by atoms with van der Waals surface area (Å²) in [5.74, 6) is 0.712. The largest absolute Gasteiger partial charge is 0.495 e. The van der Waals surface area contributed by atoms with E-state index in [1.54, 1.807) is 42.5 Å². The van der Waals surface area contributed by atoms with Crippen LogP contribution >= 0.6 is 11.6 Å². The van der Waals surface area contributed by atoms with Crippen LogP contribution in [0.25, 0.3) is 5.57 Å². The molecule has 5 rings (SSSR count). The van der Waals surface area contributed by atoms with Crippen LogP contribution in [0.4, 0.5) is 11.4 Å². The Labute approximate surface area is 195 Å². The van der Waals surface area contributed by atoms with Gasteiger partial charge in [-0.3, -0.25) is 9.59 Å². The van der Waals surface area contributed by atoms with Crippen molar-refractivity contribution in [3.63, 3.8) is 0 Å². The van der Waals surface area contributed by atoms with Gasteiger partial charge in [0.15, 0.2) is 11.5 Å². The van der Waals surface area contributed by atoms with E-state index in [0.717, 1.165) is 4.90 Å². The van der Waals surface area contributed by atoms with E-state index in [-0.39, 0.29) is 11.3 Å². The molecule has 0 spiro atoms. The van der Waals surface area contributed by atoms with E-state index in [2.05, 4.69) is 5.32 Å². The Morgan fingerprint density at radius 1 is 0.909 bits per heavy atom. The Balaban J connectivity index is 1.56. The van der Waals surface area contributed by atoms with Crippen molar-refractivity contribution in [2.75, 3.05) is 30.5 Å². The molecule has 0 aromatic heterocycles. The molecule has 7 nitrogen and oxygen atoms in total.